The first-order valence-corrected chi connectivity index (χ1v) is 9.70. The van der Waals surface area contributed by atoms with Gasteiger partial charge in [-0.1, -0.05) is 0 Å². The number of aromatic nitrogens is 1. The Labute approximate surface area is 146 Å². The Bertz CT molecular complexity index is 706. The van der Waals surface area contributed by atoms with Gasteiger partial charge in [0.05, 0.1) is 17.6 Å². The molecule has 1 aromatic heterocycles. The maximum atomic E-state index is 13.1. The molecule has 2 atom stereocenters. The van der Waals surface area contributed by atoms with Crippen LogP contribution in [-0.2, 0) is 16.1 Å². The molecule has 4 fully saturated rings. The summed E-state index contributed by atoms with van der Waals surface area (Å²) < 4.78 is 7.16. The van der Waals surface area contributed by atoms with Crippen molar-refractivity contribution in [2.75, 3.05) is 13.7 Å². The number of nitrogens with zero attached hydrogens (tertiary/aromatic N) is 2. The second kappa shape index (κ2) is 5.78. The van der Waals surface area contributed by atoms with E-state index in [2.05, 4.69) is 4.99 Å². The average Bonchev–Trinajstić information content (AvgIpc) is 2.82. The lowest BCUT2D eigenvalue weighted by atomic mass is 9.47. The monoisotopic (exact) mass is 350 g/mol. The summed E-state index contributed by atoms with van der Waals surface area (Å²) in [6.07, 6.45) is 7.41. The third-order valence-electron chi connectivity index (χ3n) is 6.05. The number of aryl methyl sites for hydroxylation is 1. The van der Waals surface area contributed by atoms with Crippen LogP contribution in [0.15, 0.2) is 11.2 Å². The van der Waals surface area contributed by atoms with E-state index in [1.54, 1.807) is 18.4 Å². The van der Waals surface area contributed by atoms with Crippen LogP contribution in [0, 0.1) is 24.2 Å². The summed E-state index contributed by atoms with van der Waals surface area (Å²) in [7, 11) is 1.68. The van der Waals surface area contributed by atoms with Crippen LogP contribution in [0.3, 0.4) is 0 Å². The van der Waals surface area contributed by atoms with Crippen LogP contribution in [-0.4, -0.2) is 34.9 Å². The second-order valence-electron chi connectivity index (χ2n) is 8.19. The quantitative estimate of drug-likeness (QED) is 0.906. The Morgan fingerprint density at radius 2 is 2.12 bits per heavy atom. The normalized spacial score (nSPS) is 38.0. The molecule has 2 unspecified atom stereocenters. The highest BCUT2D eigenvalue weighted by Crippen LogP contribution is 2.61. The van der Waals surface area contributed by atoms with E-state index in [-0.39, 0.29) is 5.91 Å². The highest BCUT2D eigenvalue weighted by molar-refractivity contribution is 7.09. The minimum atomic E-state index is -0.618. The first-order chi connectivity index (χ1) is 11.4. The summed E-state index contributed by atoms with van der Waals surface area (Å²) in [4.78, 5) is 19.6. The minimum absolute atomic E-state index is 0.0111. The van der Waals surface area contributed by atoms with Gasteiger partial charge in [0.25, 0.3) is 5.91 Å². The van der Waals surface area contributed by atoms with Gasteiger partial charge in [-0.25, -0.2) is 0 Å². The van der Waals surface area contributed by atoms with E-state index in [1.807, 2.05) is 17.7 Å². The van der Waals surface area contributed by atoms with E-state index >= 15 is 0 Å². The molecule has 4 aliphatic rings. The lowest BCUT2D eigenvalue weighted by Crippen LogP contribution is -2.58. The summed E-state index contributed by atoms with van der Waals surface area (Å²) in [5.74, 6) is 0.991. The Morgan fingerprint density at radius 1 is 1.42 bits per heavy atom. The van der Waals surface area contributed by atoms with Gasteiger partial charge in [0.15, 0.2) is 4.80 Å². The fourth-order valence-corrected chi connectivity index (χ4v) is 6.47. The van der Waals surface area contributed by atoms with Crippen molar-refractivity contribution in [1.82, 2.24) is 4.57 Å². The van der Waals surface area contributed by atoms with E-state index in [4.69, 9.17) is 4.74 Å². The van der Waals surface area contributed by atoms with Gasteiger partial charge >= 0.3 is 0 Å². The van der Waals surface area contributed by atoms with Crippen LogP contribution in [0.25, 0.3) is 0 Å². The topological polar surface area (TPSA) is 63.8 Å². The fourth-order valence-electron chi connectivity index (χ4n) is 5.61. The van der Waals surface area contributed by atoms with Crippen LogP contribution in [0.5, 0.6) is 0 Å². The summed E-state index contributed by atoms with van der Waals surface area (Å²) in [5, 5.41) is 10.8. The molecule has 0 aromatic carbocycles. The van der Waals surface area contributed by atoms with Crippen molar-refractivity contribution in [3.8, 4) is 0 Å². The number of hydrogen-bond donors (Lipinski definition) is 1. The fraction of sp³-hybridized carbons (Fsp3) is 0.778. The number of rotatable bonds is 4. The maximum Gasteiger partial charge on any atom is 0.254 e. The molecule has 0 radical (unpaired) electrons. The Kier molecular flexibility index (Phi) is 3.97. The van der Waals surface area contributed by atoms with E-state index in [9.17, 15) is 9.90 Å². The van der Waals surface area contributed by atoms with Crippen LogP contribution in [0.2, 0.25) is 0 Å². The molecule has 0 spiro atoms. The van der Waals surface area contributed by atoms with Gasteiger partial charge in [0, 0.05) is 24.7 Å². The molecule has 1 N–H and O–H groups in total. The molecule has 0 saturated heterocycles. The van der Waals surface area contributed by atoms with E-state index < -0.39 is 11.0 Å². The minimum Gasteiger partial charge on any atom is -0.390 e. The second-order valence-corrected chi connectivity index (χ2v) is 9.41. The van der Waals surface area contributed by atoms with Crippen LogP contribution >= 0.6 is 11.3 Å². The first kappa shape index (κ1) is 16.5. The molecular weight excluding hydrogens is 324 g/mol. The molecule has 0 aliphatic heterocycles. The highest BCUT2D eigenvalue weighted by atomic mass is 32.1. The van der Waals surface area contributed by atoms with Crippen molar-refractivity contribution in [3.63, 3.8) is 0 Å². The van der Waals surface area contributed by atoms with E-state index in [1.165, 1.54) is 6.42 Å². The van der Waals surface area contributed by atoms with Crippen molar-refractivity contribution in [3.05, 3.63) is 15.9 Å². The third kappa shape index (κ3) is 2.78. The van der Waals surface area contributed by atoms with Crippen molar-refractivity contribution in [2.45, 2.75) is 57.6 Å². The van der Waals surface area contributed by atoms with Gasteiger partial charge in [-0.15, -0.1) is 11.3 Å². The smallest absolute Gasteiger partial charge is 0.254 e. The van der Waals surface area contributed by atoms with Crippen LogP contribution < -0.4 is 4.80 Å². The van der Waals surface area contributed by atoms with Gasteiger partial charge in [-0.2, -0.15) is 4.99 Å². The molecule has 6 heteroatoms. The van der Waals surface area contributed by atoms with Crippen molar-refractivity contribution < 1.29 is 14.6 Å². The van der Waals surface area contributed by atoms with Crippen molar-refractivity contribution >= 4 is 17.2 Å². The molecule has 1 heterocycles. The number of carbonyl (C=O) groups is 1. The molecule has 1 amide bonds. The summed E-state index contributed by atoms with van der Waals surface area (Å²) in [6.45, 7) is 3.34. The van der Waals surface area contributed by atoms with Crippen molar-refractivity contribution in [2.24, 2.45) is 22.2 Å². The van der Waals surface area contributed by atoms with Gasteiger partial charge in [0.2, 0.25) is 0 Å². The molecule has 5 rings (SSSR count). The number of hydrogen-bond acceptors (Lipinski definition) is 4. The van der Waals surface area contributed by atoms with Gasteiger partial charge in [-0.05, 0) is 57.3 Å². The molecule has 24 heavy (non-hydrogen) atoms. The molecule has 5 nitrogen and oxygen atoms in total. The van der Waals surface area contributed by atoms with Gasteiger partial charge in [-0.3, -0.25) is 4.79 Å². The Hall–Kier alpha value is -0.980. The number of methoxy groups -OCH3 is 1. The SMILES string of the molecule is COCCn1cc(C)sc1=NC(=O)C12CC3CC(CC(O)(C3)C1)C2. The number of thiazole rings is 1. The zero-order valence-corrected chi connectivity index (χ0v) is 15.3. The number of aliphatic hydroxyl groups is 1. The molecule has 4 bridgehead atoms. The lowest BCUT2D eigenvalue weighted by Gasteiger charge is -2.58. The first-order valence-electron chi connectivity index (χ1n) is 8.89. The number of carbonyl (C=O) groups excluding carboxylic acids is 1. The predicted molar refractivity (Wildman–Crippen MR) is 91.6 cm³/mol. The molecule has 132 valence electrons. The van der Waals surface area contributed by atoms with E-state index in [0.29, 0.717) is 31.4 Å². The maximum absolute atomic E-state index is 13.1. The number of ether oxygens (including phenoxy) is 1. The number of amides is 1. The average molecular weight is 350 g/mol. The third-order valence-corrected chi connectivity index (χ3v) is 6.99. The van der Waals surface area contributed by atoms with Crippen LogP contribution in [0.4, 0.5) is 0 Å². The van der Waals surface area contributed by atoms with Gasteiger partial charge in [0.1, 0.15) is 0 Å². The van der Waals surface area contributed by atoms with Crippen LogP contribution in [0.1, 0.15) is 43.4 Å². The summed E-state index contributed by atoms with van der Waals surface area (Å²) >= 11 is 1.55. The standard InChI is InChI=1S/C18H26N2O3S/c1-12-10-20(3-4-23-2)16(24-12)19-15(21)17-6-13-5-14(7-17)9-18(22,8-13)11-17/h10,13-14,22H,3-9,11H2,1-2H3. The highest BCUT2D eigenvalue weighted by Gasteiger charge is 2.60. The molecular formula is C18H26N2O3S. The summed E-state index contributed by atoms with van der Waals surface area (Å²) in [6, 6.07) is 0. The molecule has 4 saturated carbocycles. The lowest BCUT2D eigenvalue weighted by molar-refractivity contribution is -0.175. The Morgan fingerprint density at radius 3 is 2.75 bits per heavy atom. The zero-order chi connectivity index (χ0) is 16.9. The van der Waals surface area contributed by atoms with Crippen molar-refractivity contribution in [1.29, 1.82) is 0 Å². The summed E-state index contributed by atoms with van der Waals surface area (Å²) in [5.41, 5.74) is -1.04. The zero-order valence-electron chi connectivity index (χ0n) is 14.5. The van der Waals surface area contributed by atoms with E-state index in [0.717, 1.165) is 35.4 Å². The molecule has 1 aromatic rings. The molecule has 4 aliphatic carbocycles. The Balaban J connectivity index is 1.65. The predicted octanol–water partition coefficient (Wildman–Crippen LogP) is 2.26. The largest absolute Gasteiger partial charge is 0.390 e. The van der Waals surface area contributed by atoms with Gasteiger partial charge < -0.3 is 14.4 Å².